The topological polar surface area (TPSA) is 354 Å². The Labute approximate surface area is 364 Å². The highest BCUT2D eigenvalue weighted by Crippen LogP contribution is 2.33. The van der Waals surface area contributed by atoms with Crippen molar-refractivity contribution in [3.05, 3.63) is 76.1 Å². The van der Waals surface area contributed by atoms with Crippen LogP contribution in [0.1, 0.15) is 38.6 Å². The Kier molecular flexibility index (Phi) is 14.4. The van der Waals surface area contributed by atoms with Gasteiger partial charge in [-0.2, -0.15) is 0 Å². The second-order valence-electron chi connectivity index (χ2n) is 15.7. The highest BCUT2D eigenvalue weighted by Gasteiger charge is 2.51. The number of hydrogen-bond acceptors (Lipinski definition) is 19. The zero-order valence-electron chi connectivity index (χ0n) is 34.9. The number of hydrogen-bond donors (Lipinski definition) is 9. The number of rotatable bonds is 18. The van der Waals surface area contributed by atoms with Gasteiger partial charge in [0, 0.05) is 43.6 Å². The van der Waals surface area contributed by atoms with Gasteiger partial charge in [0.2, 0.25) is 12.2 Å². The van der Waals surface area contributed by atoms with Gasteiger partial charge in [0.1, 0.15) is 42.1 Å². The number of amides is 4. The predicted octanol–water partition coefficient (Wildman–Crippen LogP) is -0.994. The minimum Gasteiger partial charge on any atom is -0.460 e. The monoisotopic (exact) mass is 894 g/mol. The first-order valence-electron chi connectivity index (χ1n) is 20.1. The van der Waals surface area contributed by atoms with Gasteiger partial charge in [0.15, 0.2) is 11.9 Å². The number of benzene rings is 2. The Morgan fingerprint density at radius 1 is 1.08 bits per heavy atom. The molecule has 6 rings (SSSR count). The second-order valence-corrected chi connectivity index (χ2v) is 15.7. The van der Waals surface area contributed by atoms with Gasteiger partial charge in [-0.15, -0.1) is 0 Å². The molecule has 1 unspecified atom stereocenters. The van der Waals surface area contributed by atoms with Gasteiger partial charge in [-0.05, 0) is 44.5 Å². The minimum absolute atomic E-state index is 0.0619. The van der Waals surface area contributed by atoms with E-state index in [-0.39, 0.29) is 63.0 Å². The maximum atomic E-state index is 13.6. The Morgan fingerprint density at radius 3 is 2.44 bits per heavy atom. The summed E-state index contributed by atoms with van der Waals surface area (Å²) in [5.74, 6) is -1.70. The average molecular weight is 895 g/mol. The van der Waals surface area contributed by atoms with Crippen LogP contribution in [0.5, 0.6) is 5.75 Å². The second kappa shape index (κ2) is 19.6. The van der Waals surface area contributed by atoms with E-state index in [1.807, 2.05) is 18.2 Å². The van der Waals surface area contributed by atoms with Crippen LogP contribution in [0.15, 0.2) is 54.6 Å². The molecule has 2 aromatic carbocycles. The van der Waals surface area contributed by atoms with Gasteiger partial charge in [0.05, 0.1) is 46.4 Å². The Morgan fingerprint density at radius 2 is 1.78 bits per heavy atom. The molecule has 0 radical (unpaired) electrons. The van der Waals surface area contributed by atoms with Crippen LogP contribution in [-0.2, 0) is 43.6 Å². The molecule has 64 heavy (non-hydrogen) atoms. The third kappa shape index (κ3) is 10.3. The SMILES string of the molecule is CCN(Cc1nc2c(N)nc3ccccc3c2n1CC(C)(C)O)C(=O)OCc1ccc(O[C@@H]2O[C@H]([N+](=O)[O-])[C@@H](O)[C@H](O)[C@H]2O)c(NC(=O)CCNC(O)[C@H](CN)N2C(=O)C=CC2=O)c1. The maximum Gasteiger partial charge on any atom is 0.410 e. The summed E-state index contributed by atoms with van der Waals surface area (Å²) in [4.78, 5) is 73.1. The Bertz CT molecular complexity index is 2420. The van der Waals surface area contributed by atoms with Crippen LogP contribution in [0, 0.1) is 10.1 Å². The van der Waals surface area contributed by atoms with E-state index in [0.717, 1.165) is 22.4 Å². The van der Waals surface area contributed by atoms with E-state index in [9.17, 15) is 54.8 Å². The Hall–Kier alpha value is -6.38. The van der Waals surface area contributed by atoms with Crippen LogP contribution >= 0.6 is 0 Å². The van der Waals surface area contributed by atoms with Crippen molar-refractivity contribution in [1.82, 2.24) is 29.7 Å². The van der Waals surface area contributed by atoms with Crippen LogP contribution in [0.2, 0.25) is 0 Å². The van der Waals surface area contributed by atoms with Crippen molar-refractivity contribution in [3.8, 4) is 5.75 Å². The molecule has 2 aliphatic rings. The van der Waals surface area contributed by atoms with E-state index in [1.165, 1.54) is 23.1 Å². The smallest absolute Gasteiger partial charge is 0.410 e. The van der Waals surface area contributed by atoms with Crippen molar-refractivity contribution in [3.63, 3.8) is 0 Å². The molecular formula is C40H50N10O14. The van der Waals surface area contributed by atoms with Crippen LogP contribution < -0.4 is 26.8 Å². The number of nitrogens with zero attached hydrogens (tertiary/aromatic N) is 6. The Balaban J connectivity index is 1.19. The summed E-state index contributed by atoms with van der Waals surface area (Å²) >= 11 is 0. The molecule has 24 nitrogen and oxygen atoms in total. The van der Waals surface area contributed by atoms with E-state index >= 15 is 0 Å². The number of nitrogen functional groups attached to an aromatic ring is 1. The van der Waals surface area contributed by atoms with Crippen LogP contribution in [0.4, 0.5) is 16.3 Å². The maximum absolute atomic E-state index is 13.6. The number of fused-ring (bicyclic) bond motifs is 3. The summed E-state index contributed by atoms with van der Waals surface area (Å²) in [6.07, 6.45) is -10.8. The number of imide groups is 1. The molecule has 2 aromatic heterocycles. The molecule has 4 aromatic rings. The summed E-state index contributed by atoms with van der Waals surface area (Å²) in [7, 11) is 0. The summed E-state index contributed by atoms with van der Waals surface area (Å²) in [5.41, 5.74) is 12.7. The van der Waals surface area contributed by atoms with Gasteiger partial charge in [-0.3, -0.25) is 39.5 Å². The number of carbonyl (C=O) groups excluding carboxylic acids is 4. The summed E-state index contributed by atoms with van der Waals surface area (Å²) in [6, 6.07) is 10.2. The summed E-state index contributed by atoms with van der Waals surface area (Å²) < 4.78 is 18.3. The highest BCUT2D eigenvalue weighted by molar-refractivity contribution is 6.13. The van der Waals surface area contributed by atoms with Gasteiger partial charge >= 0.3 is 12.3 Å². The fourth-order valence-electron chi connectivity index (χ4n) is 7.19. The van der Waals surface area contributed by atoms with Crippen molar-refractivity contribution < 1.29 is 63.8 Å². The van der Waals surface area contributed by atoms with E-state index < -0.39 is 77.4 Å². The highest BCUT2D eigenvalue weighted by atomic mass is 16.8. The van der Waals surface area contributed by atoms with Crippen molar-refractivity contribution >= 4 is 57.3 Å². The molecule has 1 saturated heterocycles. The lowest BCUT2D eigenvalue weighted by Crippen LogP contribution is -2.61. The number of ether oxygens (including phenoxy) is 3. The number of pyridine rings is 1. The number of para-hydroxylation sites is 1. The number of imidazole rings is 1. The third-order valence-electron chi connectivity index (χ3n) is 10.4. The number of aliphatic hydroxyl groups is 5. The van der Waals surface area contributed by atoms with E-state index in [4.69, 9.17) is 30.7 Å². The summed E-state index contributed by atoms with van der Waals surface area (Å²) in [5, 5.41) is 70.1. The lowest BCUT2D eigenvalue weighted by atomic mass is 10.0. The molecule has 0 bridgehead atoms. The van der Waals surface area contributed by atoms with E-state index in [2.05, 4.69) is 15.6 Å². The largest absolute Gasteiger partial charge is 0.460 e. The van der Waals surface area contributed by atoms with Crippen LogP contribution in [-0.4, -0.2) is 147 Å². The number of carbonyl (C=O) groups is 4. The number of aliphatic hydroxyl groups excluding tert-OH is 4. The predicted molar refractivity (Wildman–Crippen MR) is 224 cm³/mol. The van der Waals surface area contributed by atoms with E-state index in [0.29, 0.717) is 27.9 Å². The molecule has 4 amide bonds. The van der Waals surface area contributed by atoms with Gasteiger partial charge < -0.3 is 61.3 Å². The average Bonchev–Trinajstić information content (AvgIpc) is 3.77. The third-order valence-corrected chi connectivity index (χ3v) is 10.4. The molecule has 7 atom stereocenters. The number of nitrogens with one attached hydrogen (secondary N) is 2. The fourth-order valence-corrected chi connectivity index (χ4v) is 7.19. The van der Waals surface area contributed by atoms with Crippen LogP contribution in [0.25, 0.3) is 21.9 Å². The van der Waals surface area contributed by atoms with E-state index in [1.54, 1.807) is 31.4 Å². The molecule has 344 valence electrons. The quantitative estimate of drug-likeness (QED) is 0.0250. The minimum atomic E-state index is -2.18. The van der Waals surface area contributed by atoms with Crippen molar-refractivity contribution in [1.29, 1.82) is 0 Å². The fraction of sp³-hybridized carbons (Fsp3) is 0.450. The zero-order valence-corrected chi connectivity index (χ0v) is 34.9. The molecule has 4 heterocycles. The van der Waals surface area contributed by atoms with Crippen molar-refractivity contribution in [2.24, 2.45) is 5.73 Å². The molecule has 0 aliphatic carbocycles. The standard InChI is InChI=1S/C40H50N10O14/c1-4-47(17-26-46-30-31(48(26)19-40(2,3)59)21-7-5-6-8-22(21)45-35(30)42)39(58)62-18-20-9-10-25(63-38-34(56)32(54)33(55)37(64-38)50(60)61)23(15-20)44-27(51)13-14-43-36(57)24(16-41)49-28(52)11-12-29(49)53/h5-12,15,24,32-34,36-38,43,54-57,59H,4,13-14,16-19,41H2,1-3H3,(H2,42,45)(H,44,51)/t24-,32-,33-,34+,36?,37-,38+/m0/s1. The first-order valence-corrected chi connectivity index (χ1v) is 20.1. The van der Waals surface area contributed by atoms with Crippen molar-refractivity contribution in [2.75, 3.05) is 30.7 Å². The molecule has 11 N–H and O–H groups in total. The molecule has 0 saturated carbocycles. The van der Waals surface area contributed by atoms with Crippen LogP contribution in [0.3, 0.4) is 0 Å². The molecule has 0 spiro atoms. The number of aromatic nitrogens is 3. The molecular weight excluding hydrogens is 844 g/mol. The lowest BCUT2D eigenvalue weighted by molar-refractivity contribution is -0.609. The molecule has 1 fully saturated rings. The summed E-state index contributed by atoms with van der Waals surface area (Å²) in [6.45, 7) is 4.34. The molecule has 2 aliphatic heterocycles. The zero-order chi connectivity index (χ0) is 46.6. The lowest BCUT2D eigenvalue weighted by Gasteiger charge is -2.36. The molecule has 24 heteroatoms. The number of nitro groups is 1. The number of nitrogens with two attached hydrogens (primary N) is 2. The normalized spacial score (nSPS) is 21.0. The van der Waals surface area contributed by atoms with Gasteiger partial charge in [-0.1, -0.05) is 24.3 Å². The number of anilines is 2. The van der Waals surface area contributed by atoms with Gasteiger partial charge in [0.25, 0.3) is 11.8 Å². The van der Waals surface area contributed by atoms with Crippen molar-refractivity contribution in [2.45, 2.75) is 95.6 Å². The van der Waals surface area contributed by atoms with Gasteiger partial charge in [-0.25, -0.2) is 14.8 Å². The first-order chi connectivity index (χ1) is 30.3. The first kappa shape index (κ1) is 47.1.